The number of aliphatic hydroxyl groups excluding tert-OH is 1. The van der Waals surface area contributed by atoms with Crippen LogP contribution in [0.3, 0.4) is 0 Å². The number of benzene rings is 1. The molecule has 0 atom stereocenters. The van der Waals surface area contributed by atoms with Crippen molar-refractivity contribution in [2.24, 2.45) is 0 Å². The minimum atomic E-state index is -0.297. The summed E-state index contributed by atoms with van der Waals surface area (Å²) in [5.74, 6) is -0.297. The van der Waals surface area contributed by atoms with Gasteiger partial charge in [-0.3, -0.25) is 4.40 Å². The highest BCUT2D eigenvalue weighted by atomic mass is 19.1. The second kappa shape index (κ2) is 4.30. The van der Waals surface area contributed by atoms with E-state index in [0.29, 0.717) is 18.7 Å². The Hall–Kier alpha value is -2.40. The van der Waals surface area contributed by atoms with Crippen molar-refractivity contribution >= 4 is 28.4 Å². The lowest BCUT2D eigenvalue weighted by Crippen LogP contribution is -2.50. The van der Waals surface area contributed by atoms with Crippen molar-refractivity contribution in [3.05, 3.63) is 48.4 Å². The summed E-state index contributed by atoms with van der Waals surface area (Å²) in [5, 5.41) is 9.38. The van der Waals surface area contributed by atoms with E-state index < -0.39 is 0 Å². The highest BCUT2D eigenvalue weighted by molar-refractivity contribution is 5.83. The molecule has 1 N–H and O–H groups in total. The van der Waals surface area contributed by atoms with Gasteiger partial charge in [-0.25, -0.2) is 9.37 Å². The molecule has 0 unspecified atom stereocenters. The van der Waals surface area contributed by atoms with E-state index in [1.54, 1.807) is 6.07 Å². The van der Waals surface area contributed by atoms with Gasteiger partial charge in [0.15, 0.2) is 0 Å². The number of halogens is 1. The van der Waals surface area contributed by atoms with Gasteiger partial charge in [0.2, 0.25) is 0 Å². The zero-order valence-electron chi connectivity index (χ0n) is 11.3. The predicted molar refractivity (Wildman–Crippen MR) is 81.0 cm³/mol. The first kappa shape index (κ1) is 12.3. The molecular formula is C16H14FN3O. The van der Waals surface area contributed by atoms with Gasteiger partial charge < -0.3 is 10.0 Å². The van der Waals surface area contributed by atoms with Crippen LogP contribution < -0.4 is 4.90 Å². The number of pyridine rings is 1. The van der Waals surface area contributed by atoms with Crippen LogP contribution in [0.25, 0.3) is 22.8 Å². The van der Waals surface area contributed by atoms with Crippen molar-refractivity contribution < 1.29 is 9.50 Å². The predicted octanol–water partition coefficient (Wildman–Crippen LogP) is 2.45. The fraction of sp³-hybridized carbons (Fsp3) is 0.188. The topological polar surface area (TPSA) is 40.8 Å². The van der Waals surface area contributed by atoms with Crippen LogP contribution in [0, 0.1) is 5.82 Å². The lowest BCUT2D eigenvalue weighted by Gasteiger charge is -2.37. The number of nitrogens with zero attached hydrogens (tertiary/aromatic N) is 3. The molecule has 1 aromatic carbocycles. The van der Waals surface area contributed by atoms with Gasteiger partial charge in [0.05, 0.1) is 17.1 Å². The molecule has 3 aromatic rings. The lowest BCUT2D eigenvalue weighted by molar-refractivity contribution is 0.142. The zero-order valence-corrected chi connectivity index (χ0v) is 11.3. The summed E-state index contributed by atoms with van der Waals surface area (Å²) in [6.45, 7) is 4.90. The summed E-state index contributed by atoms with van der Waals surface area (Å²) in [6, 6.07) is 7.10. The van der Waals surface area contributed by atoms with E-state index in [1.807, 2.05) is 22.7 Å². The average molecular weight is 283 g/mol. The van der Waals surface area contributed by atoms with Crippen molar-refractivity contribution in [1.29, 1.82) is 0 Å². The molecule has 0 amide bonds. The minimum Gasteiger partial charge on any atom is -0.389 e. The zero-order chi connectivity index (χ0) is 14.6. The molecule has 1 aliphatic heterocycles. The molecule has 4 nitrogen and oxygen atoms in total. The van der Waals surface area contributed by atoms with Gasteiger partial charge in [0.25, 0.3) is 0 Å². The first-order valence-corrected chi connectivity index (χ1v) is 6.82. The molecule has 1 fully saturated rings. The highest BCUT2D eigenvalue weighted by Gasteiger charge is 2.24. The first-order chi connectivity index (χ1) is 10.2. The Kier molecular flexibility index (Phi) is 2.53. The molecule has 4 rings (SSSR count). The molecule has 0 aliphatic carbocycles. The molecule has 3 heterocycles. The summed E-state index contributed by atoms with van der Waals surface area (Å²) in [6.07, 6.45) is 3.13. The van der Waals surface area contributed by atoms with Crippen LogP contribution in [0.4, 0.5) is 10.1 Å². The standard InChI is InChI=1S/C16H14FN3O/c1-2-10-5-14-15(7-13(10)17)20-4-3-11(6-16(20)18-14)19-8-12(21)9-19/h2-7,12,21H,1,8-9H2. The largest absolute Gasteiger partial charge is 0.389 e. The van der Waals surface area contributed by atoms with Crippen LogP contribution in [0.1, 0.15) is 5.56 Å². The third kappa shape index (κ3) is 1.81. The number of aliphatic hydroxyl groups is 1. The summed E-state index contributed by atoms with van der Waals surface area (Å²) in [4.78, 5) is 6.63. The van der Waals surface area contributed by atoms with E-state index in [9.17, 15) is 9.50 Å². The molecule has 106 valence electrons. The second-order valence-corrected chi connectivity index (χ2v) is 5.35. The fourth-order valence-electron chi connectivity index (χ4n) is 2.76. The van der Waals surface area contributed by atoms with Crippen LogP contribution in [0.5, 0.6) is 0 Å². The summed E-state index contributed by atoms with van der Waals surface area (Å²) < 4.78 is 15.8. The maximum atomic E-state index is 13.9. The third-order valence-corrected chi connectivity index (χ3v) is 3.95. The number of hydrogen-bond donors (Lipinski definition) is 1. The Morgan fingerprint density at radius 1 is 1.33 bits per heavy atom. The molecule has 0 spiro atoms. The van der Waals surface area contributed by atoms with Gasteiger partial charge >= 0.3 is 0 Å². The Morgan fingerprint density at radius 2 is 2.14 bits per heavy atom. The quantitative estimate of drug-likeness (QED) is 0.785. The maximum Gasteiger partial charge on any atom is 0.139 e. The van der Waals surface area contributed by atoms with Crippen LogP contribution in [0.2, 0.25) is 0 Å². The number of imidazole rings is 1. The summed E-state index contributed by atoms with van der Waals surface area (Å²) in [5.41, 5.74) is 3.73. The number of anilines is 1. The molecule has 21 heavy (non-hydrogen) atoms. The normalized spacial score (nSPS) is 15.6. The second-order valence-electron chi connectivity index (χ2n) is 5.35. The molecule has 1 aliphatic rings. The highest BCUT2D eigenvalue weighted by Crippen LogP contribution is 2.26. The van der Waals surface area contributed by atoms with Gasteiger partial charge in [-0.05, 0) is 12.1 Å². The van der Waals surface area contributed by atoms with Crippen LogP contribution in [-0.2, 0) is 0 Å². The summed E-state index contributed by atoms with van der Waals surface area (Å²) >= 11 is 0. The minimum absolute atomic E-state index is 0.246. The Labute approximate surface area is 120 Å². The van der Waals surface area contributed by atoms with E-state index in [4.69, 9.17) is 0 Å². The number of rotatable bonds is 2. The first-order valence-electron chi connectivity index (χ1n) is 6.82. The van der Waals surface area contributed by atoms with E-state index in [0.717, 1.165) is 22.4 Å². The molecule has 0 radical (unpaired) electrons. The molecule has 0 saturated carbocycles. The lowest BCUT2D eigenvalue weighted by atomic mass is 10.1. The van der Waals surface area contributed by atoms with E-state index >= 15 is 0 Å². The smallest absolute Gasteiger partial charge is 0.139 e. The van der Waals surface area contributed by atoms with Gasteiger partial charge in [-0.15, -0.1) is 0 Å². The number of fused-ring (bicyclic) bond motifs is 3. The monoisotopic (exact) mass is 283 g/mol. The molecule has 5 heteroatoms. The molecule has 0 bridgehead atoms. The van der Waals surface area contributed by atoms with Gasteiger partial charge in [-0.2, -0.15) is 0 Å². The Bertz CT molecular complexity index is 865. The SMILES string of the molecule is C=Cc1cc2nc3cc(N4CC(O)C4)ccn3c2cc1F. The Balaban J connectivity index is 1.88. The molecular weight excluding hydrogens is 269 g/mol. The number of hydrogen-bond acceptors (Lipinski definition) is 3. The summed E-state index contributed by atoms with van der Waals surface area (Å²) in [7, 11) is 0. The maximum absolute atomic E-state index is 13.9. The van der Waals surface area contributed by atoms with E-state index in [1.165, 1.54) is 12.1 Å². The fourth-order valence-corrected chi connectivity index (χ4v) is 2.76. The number of β-amino-alcohol motifs (C(OH)–C–C–N with tert-alkyl or cyclic N) is 1. The van der Waals surface area contributed by atoms with Crippen molar-refractivity contribution in [3.63, 3.8) is 0 Å². The van der Waals surface area contributed by atoms with Crippen molar-refractivity contribution in [2.75, 3.05) is 18.0 Å². The van der Waals surface area contributed by atoms with Crippen LogP contribution in [0.15, 0.2) is 37.0 Å². The van der Waals surface area contributed by atoms with Crippen molar-refractivity contribution in [2.45, 2.75) is 6.10 Å². The Morgan fingerprint density at radius 3 is 2.86 bits per heavy atom. The number of aromatic nitrogens is 2. The van der Waals surface area contributed by atoms with Crippen LogP contribution >= 0.6 is 0 Å². The van der Waals surface area contributed by atoms with E-state index in [2.05, 4.69) is 16.5 Å². The molecule has 1 saturated heterocycles. The van der Waals surface area contributed by atoms with Crippen molar-refractivity contribution in [1.82, 2.24) is 9.38 Å². The third-order valence-electron chi connectivity index (χ3n) is 3.95. The van der Waals surface area contributed by atoms with Gasteiger partial charge in [-0.1, -0.05) is 12.7 Å². The average Bonchev–Trinajstić information content (AvgIpc) is 2.79. The van der Waals surface area contributed by atoms with E-state index in [-0.39, 0.29) is 11.9 Å². The van der Waals surface area contributed by atoms with Crippen molar-refractivity contribution in [3.8, 4) is 0 Å². The van der Waals surface area contributed by atoms with Gasteiger partial charge in [0, 0.05) is 42.7 Å². The van der Waals surface area contributed by atoms with Crippen LogP contribution in [-0.4, -0.2) is 33.7 Å². The molecule has 2 aromatic heterocycles. The van der Waals surface area contributed by atoms with Gasteiger partial charge in [0.1, 0.15) is 11.5 Å².